The summed E-state index contributed by atoms with van der Waals surface area (Å²) in [6, 6.07) is 7.48. The lowest BCUT2D eigenvalue weighted by Gasteiger charge is -2.06. The van der Waals surface area contributed by atoms with Gasteiger partial charge in [0.05, 0.1) is 6.61 Å². The predicted molar refractivity (Wildman–Crippen MR) is 59.3 cm³/mol. The Kier molecular flexibility index (Phi) is 3.05. The highest BCUT2D eigenvalue weighted by Gasteiger charge is 2.21. The summed E-state index contributed by atoms with van der Waals surface area (Å²) in [6.45, 7) is 2.67. The Hall–Kier alpha value is -1.31. The van der Waals surface area contributed by atoms with Crippen LogP contribution in [-0.2, 0) is 0 Å². The van der Waals surface area contributed by atoms with Gasteiger partial charge in [0.25, 0.3) is 0 Å². The van der Waals surface area contributed by atoms with E-state index in [2.05, 4.69) is 0 Å². The molecule has 0 N–H and O–H groups in total. The Balaban J connectivity index is 2.00. The monoisotopic (exact) mass is 204 g/mol. The van der Waals surface area contributed by atoms with E-state index in [1.807, 2.05) is 31.2 Å². The normalized spacial score (nSPS) is 15.0. The molecule has 0 aromatic heterocycles. The SMILES string of the molecule is CCC(=O)c1cccc(OCC2CC2)c1. The van der Waals surface area contributed by atoms with Gasteiger partial charge in [0.15, 0.2) is 5.78 Å². The largest absolute Gasteiger partial charge is 0.493 e. The molecule has 0 spiro atoms. The lowest BCUT2D eigenvalue weighted by atomic mass is 10.1. The summed E-state index contributed by atoms with van der Waals surface area (Å²) in [5.41, 5.74) is 0.755. The maximum atomic E-state index is 11.5. The number of benzene rings is 1. The van der Waals surface area contributed by atoms with Gasteiger partial charge in [0.2, 0.25) is 0 Å². The Morgan fingerprint density at radius 1 is 1.47 bits per heavy atom. The Morgan fingerprint density at radius 3 is 2.93 bits per heavy atom. The van der Waals surface area contributed by atoms with E-state index in [-0.39, 0.29) is 5.78 Å². The molecule has 15 heavy (non-hydrogen) atoms. The van der Waals surface area contributed by atoms with Crippen molar-refractivity contribution in [2.45, 2.75) is 26.2 Å². The van der Waals surface area contributed by atoms with Crippen LogP contribution in [0.15, 0.2) is 24.3 Å². The van der Waals surface area contributed by atoms with Crippen LogP contribution in [0.3, 0.4) is 0 Å². The third-order valence-corrected chi connectivity index (χ3v) is 2.66. The lowest BCUT2D eigenvalue weighted by Crippen LogP contribution is -2.01. The van der Waals surface area contributed by atoms with Crippen molar-refractivity contribution < 1.29 is 9.53 Å². The molecule has 2 nitrogen and oxygen atoms in total. The highest BCUT2D eigenvalue weighted by molar-refractivity contribution is 5.96. The molecular formula is C13H16O2. The zero-order chi connectivity index (χ0) is 10.7. The molecule has 2 heteroatoms. The summed E-state index contributed by atoms with van der Waals surface area (Å²) in [7, 11) is 0. The molecular weight excluding hydrogens is 188 g/mol. The lowest BCUT2D eigenvalue weighted by molar-refractivity contribution is 0.0987. The second-order valence-corrected chi connectivity index (χ2v) is 4.06. The minimum absolute atomic E-state index is 0.173. The van der Waals surface area contributed by atoms with E-state index in [9.17, 15) is 4.79 Å². The van der Waals surface area contributed by atoms with E-state index in [1.54, 1.807) is 0 Å². The minimum atomic E-state index is 0.173. The maximum Gasteiger partial charge on any atom is 0.162 e. The van der Waals surface area contributed by atoms with E-state index >= 15 is 0 Å². The molecule has 0 unspecified atom stereocenters. The third-order valence-electron chi connectivity index (χ3n) is 2.66. The van der Waals surface area contributed by atoms with Crippen LogP contribution >= 0.6 is 0 Å². The van der Waals surface area contributed by atoms with Crippen LogP contribution in [0.1, 0.15) is 36.5 Å². The molecule has 0 amide bonds. The van der Waals surface area contributed by atoms with Gasteiger partial charge in [-0.15, -0.1) is 0 Å². The second-order valence-electron chi connectivity index (χ2n) is 4.06. The first-order valence-corrected chi connectivity index (χ1v) is 5.55. The van der Waals surface area contributed by atoms with E-state index < -0.39 is 0 Å². The van der Waals surface area contributed by atoms with Gasteiger partial charge in [0.1, 0.15) is 5.75 Å². The van der Waals surface area contributed by atoms with Crippen LogP contribution in [0.4, 0.5) is 0 Å². The quantitative estimate of drug-likeness (QED) is 0.689. The molecule has 2 rings (SSSR count). The van der Waals surface area contributed by atoms with Crippen LogP contribution in [0, 0.1) is 5.92 Å². The second kappa shape index (κ2) is 4.47. The fourth-order valence-corrected chi connectivity index (χ4v) is 1.46. The fourth-order valence-electron chi connectivity index (χ4n) is 1.46. The summed E-state index contributed by atoms with van der Waals surface area (Å²) in [4.78, 5) is 11.5. The molecule has 1 fully saturated rings. The first-order valence-electron chi connectivity index (χ1n) is 5.55. The molecule has 1 aliphatic rings. The molecule has 1 saturated carbocycles. The Labute approximate surface area is 90.3 Å². The van der Waals surface area contributed by atoms with Gasteiger partial charge in [0, 0.05) is 12.0 Å². The predicted octanol–water partition coefficient (Wildman–Crippen LogP) is 3.07. The van der Waals surface area contributed by atoms with Gasteiger partial charge in [-0.05, 0) is 30.9 Å². The molecule has 1 aliphatic carbocycles. The average molecular weight is 204 g/mol. The zero-order valence-electron chi connectivity index (χ0n) is 9.03. The van der Waals surface area contributed by atoms with Crippen molar-refractivity contribution in [3.8, 4) is 5.75 Å². The van der Waals surface area contributed by atoms with Gasteiger partial charge in [-0.25, -0.2) is 0 Å². The molecule has 0 saturated heterocycles. The van der Waals surface area contributed by atoms with Gasteiger partial charge in [-0.3, -0.25) is 4.79 Å². The molecule has 0 aliphatic heterocycles. The number of carbonyl (C=O) groups is 1. The summed E-state index contributed by atoms with van der Waals surface area (Å²) in [5, 5.41) is 0. The first-order chi connectivity index (χ1) is 7.29. The summed E-state index contributed by atoms with van der Waals surface area (Å²) >= 11 is 0. The number of ether oxygens (including phenoxy) is 1. The van der Waals surface area contributed by atoms with Crippen molar-refractivity contribution in [3.63, 3.8) is 0 Å². The van der Waals surface area contributed by atoms with Crippen molar-refractivity contribution in [3.05, 3.63) is 29.8 Å². The zero-order valence-corrected chi connectivity index (χ0v) is 9.03. The Morgan fingerprint density at radius 2 is 2.27 bits per heavy atom. The summed E-state index contributed by atoms with van der Waals surface area (Å²) in [5.74, 6) is 1.74. The van der Waals surface area contributed by atoms with E-state index in [0.29, 0.717) is 6.42 Å². The molecule has 0 radical (unpaired) electrons. The highest BCUT2D eigenvalue weighted by atomic mass is 16.5. The van der Waals surface area contributed by atoms with Crippen molar-refractivity contribution in [2.75, 3.05) is 6.61 Å². The number of carbonyl (C=O) groups excluding carboxylic acids is 1. The summed E-state index contributed by atoms with van der Waals surface area (Å²) < 4.78 is 5.61. The van der Waals surface area contributed by atoms with Crippen molar-refractivity contribution >= 4 is 5.78 Å². The van der Waals surface area contributed by atoms with Crippen molar-refractivity contribution in [1.29, 1.82) is 0 Å². The molecule has 0 atom stereocenters. The molecule has 1 aromatic rings. The van der Waals surface area contributed by atoms with Crippen molar-refractivity contribution in [1.82, 2.24) is 0 Å². The van der Waals surface area contributed by atoms with Gasteiger partial charge in [-0.1, -0.05) is 19.1 Å². The molecule has 0 bridgehead atoms. The smallest absolute Gasteiger partial charge is 0.162 e. The van der Waals surface area contributed by atoms with Crippen LogP contribution in [0.25, 0.3) is 0 Å². The number of hydrogen-bond acceptors (Lipinski definition) is 2. The third kappa shape index (κ3) is 2.82. The van der Waals surface area contributed by atoms with Crippen LogP contribution in [-0.4, -0.2) is 12.4 Å². The van der Waals surface area contributed by atoms with E-state index in [4.69, 9.17) is 4.74 Å². The highest BCUT2D eigenvalue weighted by Crippen LogP contribution is 2.29. The summed E-state index contributed by atoms with van der Waals surface area (Å²) in [6.07, 6.45) is 3.12. The number of ketones is 1. The number of rotatable bonds is 5. The topological polar surface area (TPSA) is 26.3 Å². The Bertz CT molecular complexity index is 353. The van der Waals surface area contributed by atoms with Gasteiger partial charge in [-0.2, -0.15) is 0 Å². The number of Topliss-reactive ketones (excluding diaryl/α,β-unsaturated/α-hetero) is 1. The molecule has 80 valence electrons. The van der Waals surface area contributed by atoms with E-state index in [1.165, 1.54) is 12.8 Å². The molecule has 1 aromatic carbocycles. The van der Waals surface area contributed by atoms with Crippen LogP contribution < -0.4 is 4.74 Å². The van der Waals surface area contributed by atoms with Gasteiger partial charge >= 0.3 is 0 Å². The number of hydrogen-bond donors (Lipinski definition) is 0. The fraction of sp³-hybridized carbons (Fsp3) is 0.462. The van der Waals surface area contributed by atoms with Gasteiger partial charge < -0.3 is 4.74 Å². The molecule has 0 heterocycles. The minimum Gasteiger partial charge on any atom is -0.493 e. The average Bonchev–Trinajstić information content (AvgIpc) is 3.09. The van der Waals surface area contributed by atoms with Crippen molar-refractivity contribution in [2.24, 2.45) is 5.92 Å². The van der Waals surface area contributed by atoms with Crippen LogP contribution in [0.2, 0.25) is 0 Å². The van der Waals surface area contributed by atoms with E-state index in [0.717, 1.165) is 23.8 Å². The first kappa shape index (κ1) is 10.2. The van der Waals surface area contributed by atoms with Crippen LogP contribution in [0.5, 0.6) is 5.75 Å². The maximum absolute atomic E-state index is 11.5. The standard InChI is InChI=1S/C13H16O2/c1-2-13(14)11-4-3-5-12(8-11)15-9-10-6-7-10/h3-5,8,10H,2,6-7,9H2,1H3.